The second-order valence-electron chi connectivity index (χ2n) is 5.44. The molecule has 0 N–H and O–H groups in total. The van der Waals surface area contributed by atoms with E-state index in [1.807, 2.05) is 27.7 Å². The molecule has 0 radical (unpaired) electrons. The van der Waals surface area contributed by atoms with E-state index in [1.54, 1.807) is 0 Å². The molecule has 0 aromatic carbocycles. The molecule has 5 heteroatoms. The summed E-state index contributed by atoms with van der Waals surface area (Å²) in [4.78, 5) is 0. The molecule has 16 heavy (non-hydrogen) atoms. The average molecular weight is 230 g/mol. The van der Waals surface area contributed by atoms with E-state index in [2.05, 4.69) is 0 Å². The lowest BCUT2D eigenvalue weighted by Crippen LogP contribution is -2.50. The van der Waals surface area contributed by atoms with Crippen molar-refractivity contribution in [3.05, 3.63) is 0 Å². The normalized spacial score (nSPS) is 48.8. The SMILES string of the molecule is CC1(C)OC2OC[C@H]3OC(C)(C)O[C@H]3[C@@H]2O1. The summed E-state index contributed by atoms with van der Waals surface area (Å²) in [5, 5.41) is 0. The van der Waals surface area contributed by atoms with E-state index in [1.165, 1.54) is 0 Å². The van der Waals surface area contributed by atoms with Gasteiger partial charge in [0, 0.05) is 0 Å². The van der Waals surface area contributed by atoms with Gasteiger partial charge in [-0.2, -0.15) is 0 Å². The van der Waals surface area contributed by atoms with E-state index in [9.17, 15) is 0 Å². The fourth-order valence-electron chi connectivity index (χ4n) is 2.57. The van der Waals surface area contributed by atoms with E-state index < -0.39 is 11.6 Å². The summed E-state index contributed by atoms with van der Waals surface area (Å²) >= 11 is 0. The first-order chi connectivity index (χ1) is 7.36. The Bertz CT molecular complexity index is 271. The van der Waals surface area contributed by atoms with Crippen LogP contribution >= 0.6 is 0 Å². The fraction of sp³-hybridized carbons (Fsp3) is 1.00. The van der Waals surface area contributed by atoms with Gasteiger partial charge in [-0.05, 0) is 27.7 Å². The Morgan fingerprint density at radius 1 is 0.812 bits per heavy atom. The second-order valence-corrected chi connectivity index (χ2v) is 5.44. The standard InChI is InChI=1S/C11H18O5/c1-10(2)13-6-5-12-9-8(7(6)14-10)15-11(3,4)16-9/h6-9H,5H2,1-4H3/t6-,7-,8+,9?/m1/s1. The van der Waals surface area contributed by atoms with Crippen molar-refractivity contribution in [2.24, 2.45) is 0 Å². The quantitative estimate of drug-likeness (QED) is 0.621. The van der Waals surface area contributed by atoms with Crippen LogP contribution in [0.4, 0.5) is 0 Å². The van der Waals surface area contributed by atoms with Gasteiger partial charge in [-0.3, -0.25) is 0 Å². The minimum absolute atomic E-state index is 0.0613. The monoisotopic (exact) mass is 230 g/mol. The molecule has 3 heterocycles. The molecular formula is C11H18O5. The highest BCUT2D eigenvalue weighted by atomic mass is 16.8. The Balaban J connectivity index is 1.81. The van der Waals surface area contributed by atoms with E-state index in [4.69, 9.17) is 23.7 Å². The van der Waals surface area contributed by atoms with Gasteiger partial charge in [-0.15, -0.1) is 0 Å². The fourth-order valence-corrected chi connectivity index (χ4v) is 2.57. The molecule has 92 valence electrons. The first kappa shape index (κ1) is 10.9. The number of hydrogen-bond acceptors (Lipinski definition) is 5. The van der Waals surface area contributed by atoms with Crippen LogP contribution in [0.3, 0.4) is 0 Å². The maximum absolute atomic E-state index is 5.85. The van der Waals surface area contributed by atoms with Gasteiger partial charge in [0.25, 0.3) is 0 Å². The summed E-state index contributed by atoms with van der Waals surface area (Å²) in [5.41, 5.74) is 0. The van der Waals surface area contributed by atoms with Gasteiger partial charge in [0.15, 0.2) is 17.9 Å². The average Bonchev–Trinajstić information content (AvgIpc) is 2.58. The van der Waals surface area contributed by atoms with E-state index in [-0.39, 0.29) is 24.6 Å². The van der Waals surface area contributed by atoms with Gasteiger partial charge in [0.1, 0.15) is 18.3 Å². The lowest BCUT2D eigenvalue weighted by atomic mass is 10.1. The third kappa shape index (κ3) is 1.67. The molecule has 0 saturated carbocycles. The van der Waals surface area contributed by atoms with Crippen molar-refractivity contribution in [2.75, 3.05) is 6.61 Å². The first-order valence-electron chi connectivity index (χ1n) is 5.69. The predicted molar refractivity (Wildman–Crippen MR) is 53.6 cm³/mol. The summed E-state index contributed by atoms with van der Waals surface area (Å²) in [6.45, 7) is 8.06. The van der Waals surface area contributed by atoms with Crippen LogP contribution in [0.5, 0.6) is 0 Å². The van der Waals surface area contributed by atoms with Crippen molar-refractivity contribution in [1.29, 1.82) is 0 Å². The number of fused-ring (bicyclic) bond motifs is 3. The third-order valence-corrected chi connectivity index (χ3v) is 3.06. The molecule has 0 aromatic rings. The Hall–Kier alpha value is -0.200. The van der Waals surface area contributed by atoms with E-state index in [0.717, 1.165) is 0 Å². The molecule has 5 nitrogen and oxygen atoms in total. The van der Waals surface area contributed by atoms with Crippen LogP contribution in [0, 0.1) is 0 Å². The van der Waals surface area contributed by atoms with E-state index >= 15 is 0 Å². The molecule has 3 fully saturated rings. The minimum atomic E-state index is -0.611. The van der Waals surface area contributed by atoms with Crippen molar-refractivity contribution in [1.82, 2.24) is 0 Å². The smallest absolute Gasteiger partial charge is 0.189 e. The Morgan fingerprint density at radius 3 is 2.19 bits per heavy atom. The zero-order valence-corrected chi connectivity index (χ0v) is 10.1. The van der Waals surface area contributed by atoms with Gasteiger partial charge in [-0.1, -0.05) is 0 Å². The van der Waals surface area contributed by atoms with Crippen molar-refractivity contribution in [3.8, 4) is 0 Å². The van der Waals surface area contributed by atoms with Crippen LogP contribution in [-0.4, -0.2) is 42.8 Å². The van der Waals surface area contributed by atoms with Crippen LogP contribution in [-0.2, 0) is 23.7 Å². The predicted octanol–water partition coefficient (Wildman–Crippen LogP) is 1.01. The van der Waals surface area contributed by atoms with Crippen LogP contribution in [0.25, 0.3) is 0 Å². The number of ether oxygens (including phenoxy) is 5. The lowest BCUT2D eigenvalue weighted by Gasteiger charge is -2.30. The first-order valence-corrected chi connectivity index (χ1v) is 5.69. The van der Waals surface area contributed by atoms with Crippen LogP contribution in [0.1, 0.15) is 27.7 Å². The zero-order valence-electron chi connectivity index (χ0n) is 10.1. The molecule has 1 unspecified atom stereocenters. The van der Waals surface area contributed by atoms with Gasteiger partial charge in [-0.25, -0.2) is 0 Å². The number of hydrogen-bond donors (Lipinski definition) is 0. The topological polar surface area (TPSA) is 46.2 Å². The molecule has 0 spiro atoms. The Kier molecular flexibility index (Phi) is 2.17. The van der Waals surface area contributed by atoms with Gasteiger partial charge < -0.3 is 23.7 Å². The molecule has 3 rings (SSSR count). The van der Waals surface area contributed by atoms with Gasteiger partial charge in [0.05, 0.1) is 6.61 Å². The lowest BCUT2D eigenvalue weighted by molar-refractivity contribution is -0.205. The number of rotatable bonds is 0. The van der Waals surface area contributed by atoms with Gasteiger partial charge in [0.2, 0.25) is 0 Å². The maximum atomic E-state index is 5.85. The summed E-state index contributed by atoms with van der Waals surface area (Å²) in [6, 6.07) is 0. The molecule has 4 atom stereocenters. The maximum Gasteiger partial charge on any atom is 0.189 e. The summed E-state index contributed by atoms with van der Waals surface area (Å²) in [6.07, 6.45) is -0.700. The van der Waals surface area contributed by atoms with E-state index in [0.29, 0.717) is 6.61 Å². The molecule has 0 bridgehead atoms. The molecule has 3 aliphatic heterocycles. The highest BCUT2D eigenvalue weighted by molar-refractivity contribution is 4.95. The van der Waals surface area contributed by atoms with Crippen molar-refractivity contribution in [2.45, 2.75) is 63.9 Å². The molecule has 0 aliphatic carbocycles. The van der Waals surface area contributed by atoms with Gasteiger partial charge >= 0.3 is 0 Å². The summed E-state index contributed by atoms with van der Waals surface area (Å²) < 4.78 is 28.6. The highest BCUT2D eigenvalue weighted by Crippen LogP contribution is 2.41. The van der Waals surface area contributed by atoms with Crippen molar-refractivity contribution < 1.29 is 23.7 Å². The molecule has 3 saturated heterocycles. The highest BCUT2D eigenvalue weighted by Gasteiger charge is 2.57. The zero-order chi connectivity index (χ0) is 11.6. The third-order valence-electron chi connectivity index (χ3n) is 3.06. The molecular weight excluding hydrogens is 212 g/mol. The van der Waals surface area contributed by atoms with Crippen molar-refractivity contribution in [3.63, 3.8) is 0 Å². The van der Waals surface area contributed by atoms with Crippen LogP contribution < -0.4 is 0 Å². The van der Waals surface area contributed by atoms with Crippen LogP contribution in [0.2, 0.25) is 0 Å². The molecule has 0 aromatic heterocycles. The van der Waals surface area contributed by atoms with Crippen LogP contribution in [0.15, 0.2) is 0 Å². The second kappa shape index (κ2) is 3.17. The largest absolute Gasteiger partial charge is 0.347 e. The summed E-state index contributed by atoms with van der Waals surface area (Å²) in [7, 11) is 0. The summed E-state index contributed by atoms with van der Waals surface area (Å²) in [5.74, 6) is -1.18. The van der Waals surface area contributed by atoms with Crippen molar-refractivity contribution >= 4 is 0 Å². The Morgan fingerprint density at radius 2 is 1.44 bits per heavy atom. The Labute approximate surface area is 94.9 Å². The minimum Gasteiger partial charge on any atom is -0.347 e. The molecule has 0 amide bonds. The molecule has 3 aliphatic rings.